The number of nitro benzene ring substituents is 1. The first-order valence-electron chi connectivity index (χ1n) is 8.88. The van der Waals surface area contributed by atoms with E-state index in [-0.39, 0.29) is 5.69 Å². The molecule has 0 atom stereocenters. The maximum atomic E-state index is 10.8. The summed E-state index contributed by atoms with van der Waals surface area (Å²) in [5, 5.41) is 19.5. The number of guanidine groups is 1. The molecule has 0 bridgehead atoms. The zero-order chi connectivity index (χ0) is 19.6. The van der Waals surface area contributed by atoms with E-state index in [1.54, 1.807) is 29.7 Å². The molecule has 0 saturated heterocycles. The van der Waals surface area contributed by atoms with Gasteiger partial charge in [-0.25, -0.2) is 4.99 Å². The number of nitro groups is 1. The molecule has 0 fully saturated rings. The quantitative estimate of drug-likeness (QED) is 0.263. The molecule has 0 aliphatic rings. The maximum Gasteiger partial charge on any atom is 0.269 e. The summed E-state index contributed by atoms with van der Waals surface area (Å²) < 4.78 is 0. The lowest BCUT2D eigenvalue weighted by atomic mass is 10.2. The Hall–Kier alpha value is -3.26. The summed E-state index contributed by atoms with van der Waals surface area (Å²) >= 11 is 1.73. The van der Waals surface area contributed by atoms with E-state index in [1.807, 2.05) is 24.3 Å². The van der Waals surface area contributed by atoms with Crippen LogP contribution in [0.4, 0.5) is 5.69 Å². The Labute approximate surface area is 167 Å². The third kappa shape index (κ3) is 6.17. The minimum Gasteiger partial charge on any atom is -0.356 e. The maximum absolute atomic E-state index is 10.8. The Morgan fingerprint density at radius 3 is 2.64 bits per heavy atom. The summed E-state index contributed by atoms with van der Waals surface area (Å²) in [5.41, 5.74) is 1.91. The molecule has 144 valence electrons. The molecule has 2 N–H and O–H groups in total. The van der Waals surface area contributed by atoms with Crippen LogP contribution < -0.4 is 10.6 Å². The van der Waals surface area contributed by atoms with E-state index < -0.39 is 4.92 Å². The van der Waals surface area contributed by atoms with Crippen molar-refractivity contribution in [2.24, 2.45) is 4.99 Å². The molecule has 7 nitrogen and oxygen atoms in total. The van der Waals surface area contributed by atoms with Crippen molar-refractivity contribution in [1.82, 2.24) is 15.6 Å². The van der Waals surface area contributed by atoms with Gasteiger partial charge >= 0.3 is 0 Å². The van der Waals surface area contributed by atoms with Crippen molar-refractivity contribution in [3.05, 3.63) is 92.4 Å². The van der Waals surface area contributed by atoms with Crippen LogP contribution in [0, 0.1) is 10.1 Å². The molecule has 0 spiro atoms. The van der Waals surface area contributed by atoms with Crippen molar-refractivity contribution in [3.8, 4) is 0 Å². The molecular weight excluding hydrogens is 374 g/mol. The van der Waals surface area contributed by atoms with E-state index in [0.717, 1.165) is 24.2 Å². The smallest absolute Gasteiger partial charge is 0.269 e. The van der Waals surface area contributed by atoms with Crippen molar-refractivity contribution in [2.75, 3.05) is 6.54 Å². The van der Waals surface area contributed by atoms with Gasteiger partial charge in [0.25, 0.3) is 5.69 Å². The average Bonchev–Trinajstić information content (AvgIpc) is 3.24. The van der Waals surface area contributed by atoms with Crippen molar-refractivity contribution in [3.63, 3.8) is 0 Å². The monoisotopic (exact) mass is 395 g/mol. The van der Waals surface area contributed by atoms with Gasteiger partial charge in [0.05, 0.1) is 23.7 Å². The van der Waals surface area contributed by atoms with Gasteiger partial charge in [-0.2, -0.15) is 0 Å². The molecule has 1 aromatic carbocycles. The van der Waals surface area contributed by atoms with E-state index in [0.29, 0.717) is 19.0 Å². The standard InChI is InChI=1S/C20H21N5O2S/c26-25(27)18-8-6-16(7-9-18)14-23-20(22-12-10-19-5-3-13-28-19)24-15-17-4-1-2-11-21-17/h1-9,11,13H,10,12,14-15H2,(H2,22,23,24). The summed E-state index contributed by atoms with van der Waals surface area (Å²) in [6.45, 7) is 1.75. The molecule has 0 aliphatic carbocycles. The van der Waals surface area contributed by atoms with E-state index in [2.05, 4.69) is 32.1 Å². The second-order valence-corrected chi connectivity index (χ2v) is 7.05. The van der Waals surface area contributed by atoms with Crippen LogP contribution in [0.15, 0.2) is 71.2 Å². The number of pyridine rings is 1. The molecule has 8 heteroatoms. The highest BCUT2D eigenvalue weighted by molar-refractivity contribution is 7.09. The summed E-state index contributed by atoms with van der Waals surface area (Å²) in [6, 6.07) is 16.4. The Balaban J connectivity index is 1.61. The van der Waals surface area contributed by atoms with E-state index >= 15 is 0 Å². The lowest BCUT2D eigenvalue weighted by molar-refractivity contribution is -0.384. The summed E-state index contributed by atoms with van der Waals surface area (Å²) in [4.78, 5) is 20.6. The molecule has 0 amide bonds. The second-order valence-electron chi connectivity index (χ2n) is 6.02. The number of thiophene rings is 1. The van der Waals surface area contributed by atoms with Gasteiger partial charge in [-0.1, -0.05) is 24.3 Å². The van der Waals surface area contributed by atoms with Gasteiger partial charge in [0.15, 0.2) is 5.96 Å². The third-order valence-electron chi connectivity index (χ3n) is 3.97. The summed E-state index contributed by atoms with van der Waals surface area (Å²) in [6.07, 6.45) is 2.68. The van der Waals surface area contributed by atoms with Gasteiger partial charge in [0.1, 0.15) is 0 Å². The van der Waals surface area contributed by atoms with Gasteiger partial charge < -0.3 is 10.6 Å². The van der Waals surface area contributed by atoms with E-state index in [1.165, 1.54) is 17.0 Å². The summed E-state index contributed by atoms with van der Waals surface area (Å²) in [7, 11) is 0. The molecule has 28 heavy (non-hydrogen) atoms. The SMILES string of the molecule is O=[N+]([O-])c1ccc(CN=C(NCCc2cccs2)NCc2ccccn2)cc1. The zero-order valence-electron chi connectivity index (χ0n) is 15.2. The number of rotatable bonds is 8. The van der Waals surface area contributed by atoms with Gasteiger partial charge in [0.2, 0.25) is 0 Å². The van der Waals surface area contributed by atoms with Crippen LogP contribution in [-0.4, -0.2) is 22.4 Å². The van der Waals surface area contributed by atoms with Gasteiger partial charge in [-0.15, -0.1) is 11.3 Å². The zero-order valence-corrected chi connectivity index (χ0v) is 16.1. The predicted octanol–water partition coefficient (Wildman–Crippen LogP) is 3.53. The fourth-order valence-corrected chi connectivity index (χ4v) is 3.21. The van der Waals surface area contributed by atoms with Crippen LogP contribution in [-0.2, 0) is 19.5 Å². The van der Waals surface area contributed by atoms with E-state index in [4.69, 9.17) is 0 Å². The van der Waals surface area contributed by atoms with Crippen LogP contribution in [0.3, 0.4) is 0 Å². The Kier molecular flexibility index (Phi) is 7.08. The van der Waals surface area contributed by atoms with Crippen LogP contribution in [0.5, 0.6) is 0 Å². The lowest BCUT2D eigenvalue weighted by Gasteiger charge is -2.12. The molecule has 0 unspecified atom stereocenters. The van der Waals surface area contributed by atoms with Gasteiger partial charge in [-0.05, 0) is 35.6 Å². The second kappa shape index (κ2) is 10.2. The minimum atomic E-state index is -0.404. The largest absolute Gasteiger partial charge is 0.356 e. The predicted molar refractivity (Wildman–Crippen MR) is 111 cm³/mol. The molecule has 3 aromatic rings. The highest BCUT2D eigenvalue weighted by atomic mass is 32.1. The molecule has 0 radical (unpaired) electrons. The average molecular weight is 395 g/mol. The number of hydrogen-bond donors (Lipinski definition) is 2. The summed E-state index contributed by atoms with van der Waals surface area (Å²) in [5.74, 6) is 0.681. The fourth-order valence-electron chi connectivity index (χ4n) is 2.50. The number of nitrogens with one attached hydrogen (secondary N) is 2. The number of non-ortho nitro benzene ring substituents is 1. The first kappa shape index (κ1) is 19.5. The Morgan fingerprint density at radius 2 is 1.96 bits per heavy atom. The third-order valence-corrected chi connectivity index (χ3v) is 4.91. The molecule has 2 heterocycles. The highest BCUT2D eigenvalue weighted by Gasteiger charge is 2.05. The Bertz CT molecular complexity index is 896. The lowest BCUT2D eigenvalue weighted by Crippen LogP contribution is -2.38. The van der Waals surface area contributed by atoms with Crippen LogP contribution in [0.2, 0.25) is 0 Å². The Morgan fingerprint density at radius 1 is 1.11 bits per heavy atom. The number of aliphatic imine (C=N–C) groups is 1. The van der Waals surface area contributed by atoms with Crippen molar-refractivity contribution in [2.45, 2.75) is 19.5 Å². The fraction of sp³-hybridized carbons (Fsp3) is 0.200. The van der Waals surface area contributed by atoms with Crippen molar-refractivity contribution in [1.29, 1.82) is 0 Å². The van der Waals surface area contributed by atoms with Crippen molar-refractivity contribution < 1.29 is 4.92 Å². The molecule has 3 rings (SSSR count). The molecule has 2 aromatic heterocycles. The molecular formula is C20H21N5O2S. The molecule has 0 saturated carbocycles. The van der Waals surface area contributed by atoms with Crippen LogP contribution >= 0.6 is 11.3 Å². The highest BCUT2D eigenvalue weighted by Crippen LogP contribution is 2.12. The number of nitrogens with zero attached hydrogens (tertiary/aromatic N) is 3. The van der Waals surface area contributed by atoms with Gasteiger partial charge in [0, 0.05) is 29.8 Å². The van der Waals surface area contributed by atoms with Crippen LogP contribution in [0.25, 0.3) is 0 Å². The van der Waals surface area contributed by atoms with E-state index in [9.17, 15) is 10.1 Å². The first-order valence-corrected chi connectivity index (χ1v) is 9.76. The minimum absolute atomic E-state index is 0.0790. The number of hydrogen-bond acceptors (Lipinski definition) is 5. The first-order chi connectivity index (χ1) is 13.7. The topological polar surface area (TPSA) is 92.5 Å². The van der Waals surface area contributed by atoms with Crippen molar-refractivity contribution >= 4 is 23.0 Å². The van der Waals surface area contributed by atoms with Crippen LogP contribution in [0.1, 0.15) is 16.1 Å². The number of aromatic nitrogens is 1. The normalized spacial score (nSPS) is 11.2. The van der Waals surface area contributed by atoms with Gasteiger partial charge in [-0.3, -0.25) is 15.1 Å². The molecule has 0 aliphatic heterocycles. The number of benzene rings is 1.